The summed E-state index contributed by atoms with van der Waals surface area (Å²) in [5.74, 6) is -0.106. The van der Waals surface area contributed by atoms with Crippen molar-refractivity contribution in [1.82, 2.24) is 15.5 Å². The fourth-order valence-electron chi connectivity index (χ4n) is 2.48. The van der Waals surface area contributed by atoms with Gasteiger partial charge in [0.05, 0.1) is 6.04 Å². The lowest BCUT2D eigenvalue weighted by atomic mass is 10.0. The topological polar surface area (TPSA) is 61.4 Å². The van der Waals surface area contributed by atoms with Crippen molar-refractivity contribution in [1.29, 1.82) is 0 Å². The highest BCUT2D eigenvalue weighted by Gasteiger charge is 2.22. The quantitative estimate of drug-likeness (QED) is 0.859. The Balaban J connectivity index is 2.01. The van der Waals surface area contributed by atoms with Crippen LogP contribution in [0.5, 0.6) is 0 Å². The molecule has 1 aromatic rings. The maximum atomic E-state index is 12.1. The lowest BCUT2D eigenvalue weighted by Crippen LogP contribution is -2.53. The first-order chi connectivity index (χ1) is 9.47. The van der Waals surface area contributed by atoms with Gasteiger partial charge in [0.15, 0.2) is 0 Å². The molecule has 2 rings (SSSR count). The third-order valence-corrected chi connectivity index (χ3v) is 3.56. The summed E-state index contributed by atoms with van der Waals surface area (Å²) in [5, 5.41) is 5.66. The van der Waals surface area contributed by atoms with Gasteiger partial charge >= 0.3 is 6.03 Å². The number of nitrogens with zero attached hydrogens (tertiary/aromatic N) is 1. The molecule has 3 amide bonds. The Morgan fingerprint density at radius 2 is 2.15 bits per heavy atom. The van der Waals surface area contributed by atoms with E-state index >= 15 is 0 Å². The average molecular weight is 275 g/mol. The first-order valence-electron chi connectivity index (χ1n) is 6.86. The fourth-order valence-corrected chi connectivity index (χ4v) is 2.48. The van der Waals surface area contributed by atoms with Gasteiger partial charge < -0.3 is 15.5 Å². The van der Waals surface area contributed by atoms with Crippen molar-refractivity contribution in [3.05, 3.63) is 34.9 Å². The number of amides is 3. The van der Waals surface area contributed by atoms with Gasteiger partial charge in [0.1, 0.15) is 6.54 Å². The molecule has 108 valence electrons. The van der Waals surface area contributed by atoms with Gasteiger partial charge in [-0.15, -0.1) is 0 Å². The van der Waals surface area contributed by atoms with Crippen LogP contribution in [0.2, 0.25) is 0 Å². The Kier molecular flexibility index (Phi) is 4.27. The van der Waals surface area contributed by atoms with Crippen LogP contribution in [0, 0.1) is 13.8 Å². The van der Waals surface area contributed by atoms with Crippen LogP contribution in [0.4, 0.5) is 4.79 Å². The van der Waals surface area contributed by atoms with Crippen LogP contribution in [0.3, 0.4) is 0 Å². The molecule has 1 aliphatic rings. The van der Waals surface area contributed by atoms with E-state index in [1.807, 2.05) is 32.9 Å². The normalized spacial score (nSPS) is 16.6. The van der Waals surface area contributed by atoms with E-state index in [1.54, 1.807) is 4.90 Å². The maximum Gasteiger partial charge on any atom is 0.318 e. The molecule has 20 heavy (non-hydrogen) atoms. The molecular weight excluding hydrogens is 254 g/mol. The van der Waals surface area contributed by atoms with E-state index in [0.29, 0.717) is 13.1 Å². The molecule has 1 saturated heterocycles. The lowest BCUT2D eigenvalue weighted by molar-refractivity contribution is -0.123. The van der Waals surface area contributed by atoms with Gasteiger partial charge in [0.2, 0.25) is 5.91 Å². The van der Waals surface area contributed by atoms with E-state index in [9.17, 15) is 9.59 Å². The summed E-state index contributed by atoms with van der Waals surface area (Å²) in [6, 6.07) is 5.92. The second kappa shape index (κ2) is 5.94. The van der Waals surface area contributed by atoms with Crippen LogP contribution in [0.25, 0.3) is 0 Å². The monoisotopic (exact) mass is 275 g/mol. The molecule has 0 saturated carbocycles. The summed E-state index contributed by atoms with van der Waals surface area (Å²) in [6.45, 7) is 7.25. The van der Waals surface area contributed by atoms with Crippen LogP contribution in [0.15, 0.2) is 18.2 Å². The molecule has 1 unspecified atom stereocenters. The fraction of sp³-hybridized carbons (Fsp3) is 0.467. The summed E-state index contributed by atoms with van der Waals surface area (Å²) < 4.78 is 0. The second-order valence-corrected chi connectivity index (χ2v) is 5.30. The summed E-state index contributed by atoms with van der Waals surface area (Å²) in [4.78, 5) is 25.0. The Labute approximate surface area is 119 Å². The number of piperazine rings is 1. The van der Waals surface area contributed by atoms with Gasteiger partial charge in [-0.25, -0.2) is 4.79 Å². The minimum Gasteiger partial charge on any atom is -0.353 e. The third kappa shape index (κ3) is 3.29. The Morgan fingerprint density at radius 3 is 2.80 bits per heavy atom. The van der Waals surface area contributed by atoms with Gasteiger partial charge in [0, 0.05) is 13.1 Å². The number of rotatable bonds is 2. The van der Waals surface area contributed by atoms with Crippen molar-refractivity contribution in [3.63, 3.8) is 0 Å². The Morgan fingerprint density at radius 1 is 1.40 bits per heavy atom. The number of urea groups is 1. The molecule has 0 aliphatic carbocycles. The number of carbonyl (C=O) groups excluding carboxylic acids is 2. The molecule has 1 atom stereocenters. The Bertz CT molecular complexity index is 528. The van der Waals surface area contributed by atoms with Crippen LogP contribution >= 0.6 is 0 Å². The van der Waals surface area contributed by atoms with E-state index in [-0.39, 0.29) is 24.5 Å². The van der Waals surface area contributed by atoms with Crippen molar-refractivity contribution < 1.29 is 9.59 Å². The lowest BCUT2D eigenvalue weighted by Gasteiger charge is -2.28. The van der Waals surface area contributed by atoms with Gasteiger partial charge in [-0.3, -0.25) is 4.79 Å². The predicted molar refractivity (Wildman–Crippen MR) is 77.4 cm³/mol. The predicted octanol–water partition coefficient (Wildman–Crippen LogP) is 1.51. The zero-order valence-corrected chi connectivity index (χ0v) is 12.2. The highest BCUT2D eigenvalue weighted by Crippen LogP contribution is 2.18. The second-order valence-electron chi connectivity index (χ2n) is 5.30. The molecule has 0 spiro atoms. The van der Waals surface area contributed by atoms with Gasteiger partial charge in [0.25, 0.3) is 0 Å². The van der Waals surface area contributed by atoms with Crippen molar-refractivity contribution in [2.75, 3.05) is 19.6 Å². The molecular formula is C15H21N3O2. The molecule has 1 fully saturated rings. The maximum absolute atomic E-state index is 12.1. The standard InChI is InChI=1S/C15H21N3O2/c1-10-4-5-13(11(2)8-10)12(3)17-15(20)18-7-6-16-14(19)9-18/h4-5,8,12H,6-7,9H2,1-3H3,(H,16,19)(H,17,20). The van der Waals surface area contributed by atoms with Crippen molar-refractivity contribution >= 4 is 11.9 Å². The van der Waals surface area contributed by atoms with Gasteiger partial charge in [-0.1, -0.05) is 23.8 Å². The molecule has 0 aromatic heterocycles. The van der Waals surface area contributed by atoms with Crippen LogP contribution in [-0.2, 0) is 4.79 Å². The number of nitrogens with one attached hydrogen (secondary N) is 2. The third-order valence-electron chi connectivity index (χ3n) is 3.56. The van der Waals surface area contributed by atoms with Crippen LogP contribution in [0.1, 0.15) is 29.7 Å². The summed E-state index contributed by atoms with van der Waals surface area (Å²) in [5.41, 5.74) is 3.47. The molecule has 0 radical (unpaired) electrons. The highest BCUT2D eigenvalue weighted by atomic mass is 16.2. The molecule has 0 bridgehead atoms. The summed E-state index contributed by atoms with van der Waals surface area (Å²) in [6.07, 6.45) is 0. The minimum atomic E-state index is -0.188. The molecule has 1 aliphatic heterocycles. The number of carbonyl (C=O) groups is 2. The van der Waals surface area contributed by atoms with Gasteiger partial charge in [-0.05, 0) is 31.9 Å². The van der Waals surface area contributed by atoms with E-state index in [1.165, 1.54) is 5.56 Å². The largest absolute Gasteiger partial charge is 0.353 e. The van der Waals surface area contributed by atoms with E-state index in [0.717, 1.165) is 11.1 Å². The SMILES string of the molecule is Cc1ccc(C(C)NC(=O)N2CCNC(=O)C2)c(C)c1. The first kappa shape index (κ1) is 14.4. The number of benzene rings is 1. The zero-order chi connectivity index (χ0) is 14.7. The van der Waals surface area contributed by atoms with Crippen molar-refractivity contribution in [2.24, 2.45) is 0 Å². The van der Waals surface area contributed by atoms with Crippen LogP contribution in [-0.4, -0.2) is 36.5 Å². The number of hydrogen-bond donors (Lipinski definition) is 2. The first-order valence-corrected chi connectivity index (χ1v) is 6.86. The molecule has 1 aromatic carbocycles. The van der Waals surface area contributed by atoms with E-state index in [2.05, 4.69) is 16.7 Å². The minimum absolute atomic E-state index is 0.0758. The zero-order valence-electron chi connectivity index (χ0n) is 12.2. The molecule has 1 heterocycles. The van der Waals surface area contributed by atoms with E-state index < -0.39 is 0 Å². The number of aryl methyl sites for hydroxylation is 2. The summed E-state index contributed by atoms with van der Waals surface area (Å²) in [7, 11) is 0. The molecule has 2 N–H and O–H groups in total. The Hall–Kier alpha value is -2.04. The van der Waals surface area contributed by atoms with Crippen LogP contribution < -0.4 is 10.6 Å². The van der Waals surface area contributed by atoms with Crippen molar-refractivity contribution in [2.45, 2.75) is 26.8 Å². The van der Waals surface area contributed by atoms with Crippen molar-refractivity contribution in [3.8, 4) is 0 Å². The molecule has 5 nitrogen and oxygen atoms in total. The highest BCUT2D eigenvalue weighted by molar-refractivity contribution is 5.85. The smallest absolute Gasteiger partial charge is 0.318 e. The van der Waals surface area contributed by atoms with Gasteiger partial charge in [-0.2, -0.15) is 0 Å². The number of hydrogen-bond acceptors (Lipinski definition) is 2. The summed E-state index contributed by atoms with van der Waals surface area (Å²) >= 11 is 0. The van der Waals surface area contributed by atoms with E-state index in [4.69, 9.17) is 0 Å². The average Bonchev–Trinajstić information content (AvgIpc) is 2.38. The molecule has 5 heteroatoms.